The topological polar surface area (TPSA) is 18.5 Å². The van der Waals surface area contributed by atoms with Crippen molar-refractivity contribution in [1.29, 1.82) is 0 Å². The maximum absolute atomic E-state index is 6.07. The van der Waals surface area contributed by atoms with Crippen molar-refractivity contribution in [3.63, 3.8) is 0 Å². The molecule has 0 heterocycles. The normalized spacial score (nSPS) is 30.7. The molecular weight excluding hydrogens is 292 g/mol. The van der Waals surface area contributed by atoms with Gasteiger partial charge in [0.15, 0.2) is 0 Å². The summed E-state index contributed by atoms with van der Waals surface area (Å²) in [5.41, 5.74) is 0.455. The second kappa shape index (κ2) is 6.71. The first-order chi connectivity index (χ1) is 8.65. The molecule has 0 bridgehead atoms. The Kier molecular flexibility index (Phi) is 5.52. The van der Waals surface area contributed by atoms with E-state index >= 15 is 0 Å². The number of rotatable bonds is 6. The van der Waals surface area contributed by atoms with E-state index in [0.29, 0.717) is 22.3 Å². The van der Waals surface area contributed by atoms with Gasteiger partial charge >= 0.3 is 0 Å². The van der Waals surface area contributed by atoms with E-state index in [1.807, 2.05) is 0 Å². The minimum absolute atomic E-state index is 0.455. The number of ether oxygens (including phenoxy) is 2. The molecule has 2 unspecified atom stereocenters. The van der Waals surface area contributed by atoms with Crippen LogP contribution in [0, 0.1) is 11.3 Å². The predicted octanol–water partition coefficient (Wildman–Crippen LogP) is 4.16. The van der Waals surface area contributed by atoms with E-state index in [1.165, 1.54) is 38.5 Å². The minimum atomic E-state index is 0.455. The van der Waals surface area contributed by atoms with Gasteiger partial charge in [-0.2, -0.15) is 0 Å². The molecule has 1 spiro atoms. The van der Waals surface area contributed by atoms with Crippen molar-refractivity contribution in [2.75, 3.05) is 19.8 Å². The van der Waals surface area contributed by atoms with E-state index < -0.39 is 0 Å². The lowest BCUT2D eigenvalue weighted by Gasteiger charge is -2.55. The van der Waals surface area contributed by atoms with Gasteiger partial charge in [-0.05, 0) is 25.2 Å². The van der Waals surface area contributed by atoms with Gasteiger partial charge in [0.2, 0.25) is 0 Å². The van der Waals surface area contributed by atoms with Crippen molar-refractivity contribution in [1.82, 2.24) is 0 Å². The van der Waals surface area contributed by atoms with Crippen molar-refractivity contribution in [2.45, 2.75) is 63.3 Å². The molecule has 0 aromatic rings. The average molecular weight is 319 g/mol. The zero-order chi connectivity index (χ0) is 13.0. The van der Waals surface area contributed by atoms with Gasteiger partial charge in [0.1, 0.15) is 0 Å². The van der Waals surface area contributed by atoms with Crippen molar-refractivity contribution < 1.29 is 9.47 Å². The molecule has 0 N–H and O–H groups in total. The molecule has 2 aliphatic carbocycles. The van der Waals surface area contributed by atoms with Crippen LogP contribution in [-0.2, 0) is 9.47 Å². The molecule has 2 atom stereocenters. The molecule has 0 aromatic heterocycles. The van der Waals surface area contributed by atoms with Crippen LogP contribution in [0.4, 0.5) is 0 Å². The fourth-order valence-electron chi connectivity index (χ4n) is 3.35. The lowest BCUT2D eigenvalue weighted by Crippen LogP contribution is -2.56. The molecule has 0 amide bonds. The quantitative estimate of drug-likeness (QED) is 0.540. The van der Waals surface area contributed by atoms with Crippen LogP contribution in [0.3, 0.4) is 0 Å². The largest absolute Gasteiger partial charge is 0.379 e. The number of hydrogen-bond acceptors (Lipinski definition) is 2. The molecular formula is C15H27BrO2. The van der Waals surface area contributed by atoms with E-state index in [0.717, 1.165) is 19.8 Å². The summed E-state index contributed by atoms with van der Waals surface area (Å²) in [4.78, 5) is 0.687. The van der Waals surface area contributed by atoms with Crippen LogP contribution in [0.25, 0.3) is 0 Å². The van der Waals surface area contributed by atoms with Crippen LogP contribution in [-0.4, -0.2) is 30.8 Å². The van der Waals surface area contributed by atoms with Crippen LogP contribution in [0.15, 0.2) is 0 Å². The first kappa shape index (κ1) is 14.8. The Morgan fingerprint density at radius 3 is 2.50 bits per heavy atom. The van der Waals surface area contributed by atoms with Crippen LogP contribution < -0.4 is 0 Å². The Balaban J connectivity index is 1.67. The molecule has 2 aliphatic rings. The van der Waals surface area contributed by atoms with Crippen LogP contribution in [0.5, 0.6) is 0 Å². The second-order valence-electron chi connectivity index (χ2n) is 6.33. The summed E-state index contributed by atoms with van der Waals surface area (Å²) in [5.74, 6) is 0.616. The number of halogens is 1. The summed E-state index contributed by atoms with van der Waals surface area (Å²) in [5, 5.41) is 0. The fraction of sp³-hybridized carbons (Fsp3) is 1.00. The zero-order valence-corrected chi connectivity index (χ0v) is 13.4. The van der Waals surface area contributed by atoms with Crippen molar-refractivity contribution in [3.8, 4) is 0 Å². The molecule has 106 valence electrons. The third kappa shape index (κ3) is 3.29. The van der Waals surface area contributed by atoms with E-state index in [9.17, 15) is 0 Å². The molecule has 0 saturated heterocycles. The molecule has 2 nitrogen and oxygen atoms in total. The Labute approximate surface area is 120 Å². The SMILES string of the molecule is CC(C)COCCOC1CC(Br)C12CCCCC2. The molecule has 3 heteroatoms. The number of hydrogen-bond donors (Lipinski definition) is 0. The van der Waals surface area contributed by atoms with Crippen molar-refractivity contribution >= 4 is 15.9 Å². The van der Waals surface area contributed by atoms with E-state index in [4.69, 9.17) is 9.47 Å². The van der Waals surface area contributed by atoms with E-state index in [1.54, 1.807) is 0 Å². The van der Waals surface area contributed by atoms with Gasteiger partial charge < -0.3 is 9.47 Å². The second-order valence-corrected chi connectivity index (χ2v) is 7.43. The van der Waals surface area contributed by atoms with Crippen LogP contribution >= 0.6 is 15.9 Å². The highest BCUT2D eigenvalue weighted by Gasteiger charge is 2.54. The zero-order valence-electron chi connectivity index (χ0n) is 11.8. The van der Waals surface area contributed by atoms with Gasteiger partial charge in [-0.1, -0.05) is 49.0 Å². The molecule has 0 aromatic carbocycles. The summed E-state index contributed by atoms with van der Waals surface area (Å²) in [6, 6.07) is 0. The molecule has 2 fully saturated rings. The van der Waals surface area contributed by atoms with Gasteiger partial charge in [0, 0.05) is 16.8 Å². The summed E-state index contributed by atoms with van der Waals surface area (Å²) in [6.45, 7) is 6.72. The van der Waals surface area contributed by atoms with Crippen LogP contribution in [0.1, 0.15) is 52.4 Å². The third-order valence-corrected chi connectivity index (χ3v) is 5.75. The number of alkyl halides is 1. The lowest BCUT2D eigenvalue weighted by atomic mass is 9.58. The minimum Gasteiger partial charge on any atom is -0.379 e. The van der Waals surface area contributed by atoms with Crippen LogP contribution in [0.2, 0.25) is 0 Å². The summed E-state index contributed by atoms with van der Waals surface area (Å²) >= 11 is 3.85. The Morgan fingerprint density at radius 1 is 1.17 bits per heavy atom. The Morgan fingerprint density at radius 2 is 1.89 bits per heavy atom. The van der Waals surface area contributed by atoms with Gasteiger partial charge in [-0.3, -0.25) is 0 Å². The van der Waals surface area contributed by atoms with Gasteiger partial charge in [-0.15, -0.1) is 0 Å². The first-order valence-electron chi connectivity index (χ1n) is 7.48. The molecule has 0 radical (unpaired) electrons. The van der Waals surface area contributed by atoms with Gasteiger partial charge in [-0.25, -0.2) is 0 Å². The highest BCUT2D eigenvalue weighted by molar-refractivity contribution is 9.09. The molecule has 0 aliphatic heterocycles. The standard InChI is InChI=1S/C15H27BrO2/c1-12(2)11-17-8-9-18-14-10-13(16)15(14)6-4-3-5-7-15/h12-14H,3-11H2,1-2H3. The smallest absolute Gasteiger partial charge is 0.0704 e. The lowest BCUT2D eigenvalue weighted by molar-refractivity contribution is -0.130. The average Bonchev–Trinajstić information content (AvgIpc) is 2.38. The Bertz CT molecular complexity index is 249. The maximum atomic E-state index is 6.07. The summed E-state index contributed by atoms with van der Waals surface area (Å²) < 4.78 is 11.6. The van der Waals surface area contributed by atoms with Crippen molar-refractivity contribution in [3.05, 3.63) is 0 Å². The third-order valence-electron chi connectivity index (χ3n) is 4.47. The highest BCUT2D eigenvalue weighted by atomic mass is 79.9. The maximum Gasteiger partial charge on any atom is 0.0704 e. The summed E-state index contributed by atoms with van der Waals surface area (Å²) in [7, 11) is 0. The predicted molar refractivity (Wildman–Crippen MR) is 78.2 cm³/mol. The Hall–Kier alpha value is 0.400. The van der Waals surface area contributed by atoms with Crippen molar-refractivity contribution in [2.24, 2.45) is 11.3 Å². The van der Waals surface area contributed by atoms with Gasteiger partial charge in [0.05, 0.1) is 19.3 Å². The highest BCUT2D eigenvalue weighted by Crippen LogP contribution is 2.56. The molecule has 2 saturated carbocycles. The monoisotopic (exact) mass is 318 g/mol. The molecule has 18 heavy (non-hydrogen) atoms. The van der Waals surface area contributed by atoms with E-state index in [-0.39, 0.29) is 0 Å². The summed E-state index contributed by atoms with van der Waals surface area (Å²) in [6.07, 6.45) is 8.53. The first-order valence-corrected chi connectivity index (χ1v) is 8.40. The van der Waals surface area contributed by atoms with Gasteiger partial charge in [0.25, 0.3) is 0 Å². The molecule has 2 rings (SSSR count). The van der Waals surface area contributed by atoms with E-state index in [2.05, 4.69) is 29.8 Å². The fourth-order valence-corrected chi connectivity index (χ4v) is 4.44.